The number of hydrogen-bond acceptors (Lipinski definition) is 4. The molecular formula is C25H30ClFN2O4S. The molecule has 9 heteroatoms. The molecule has 2 heterocycles. The minimum Gasteiger partial charge on any atom is -0.493 e. The van der Waals surface area contributed by atoms with E-state index in [1.807, 2.05) is 4.90 Å². The molecule has 34 heavy (non-hydrogen) atoms. The number of amides is 1. The number of ether oxygens (including phenoxy) is 1. The van der Waals surface area contributed by atoms with Crippen LogP contribution in [0.25, 0.3) is 0 Å². The Labute approximate surface area is 205 Å². The highest BCUT2D eigenvalue weighted by atomic mass is 35.5. The lowest BCUT2D eigenvalue weighted by Crippen LogP contribution is -2.51. The van der Waals surface area contributed by atoms with E-state index in [2.05, 4.69) is 0 Å². The molecule has 2 aliphatic heterocycles. The molecule has 1 atom stereocenters. The summed E-state index contributed by atoms with van der Waals surface area (Å²) in [7, 11) is -4.05. The van der Waals surface area contributed by atoms with Gasteiger partial charge >= 0.3 is 0 Å². The van der Waals surface area contributed by atoms with E-state index in [-0.39, 0.29) is 36.9 Å². The van der Waals surface area contributed by atoms with Gasteiger partial charge in [0.1, 0.15) is 16.5 Å². The van der Waals surface area contributed by atoms with Crippen LogP contribution in [0.15, 0.2) is 53.4 Å². The lowest BCUT2D eigenvalue weighted by molar-refractivity contribution is -0.136. The molecule has 0 aliphatic carbocycles. The smallest absolute Gasteiger partial charge is 0.246 e. The number of hydrogen-bond donors (Lipinski definition) is 0. The minimum atomic E-state index is -4.05. The normalized spacial score (nSPS) is 21.9. The molecule has 1 amide bonds. The van der Waals surface area contributed by atoms with E-state index in [4.69, 9.17) is 16.3 Å². The van der Waals surface area contributed by atoms with Crippen LogP contribution in [0, 0.1) is 11.2 Å². The van der Waals surface area contributed by atoms with Gasteiger partial charge in [0.2, 0.25) is 15.9 Å². The van der Waals surface area contributed by atoms with Gasteiger partial charge in [0, 0.05) is 43.0 Å². The first-order valence-electron chi connectivity index (χ1n) is 11.7. The summed E-state index contributed by atoms with van der Waals surface area (Å²) in [5.41, 5.74) is -0.718. The molecule has 6 nitrogen and oxygen atoms in total. The molecule has 2 aromatic carbocycles. The summed E-state index contributed by atoms with van der Waals surface area (Å²) in [5, 5.41) is 0.585. The number of sulfonamides is 1. The zero-order valence-corrected chi connectivity index (χ0v) is 20.7. The van der Waals surface area contributed by atoms with Crippen molar-refractivity contribution in [3.8, 4) is 5.75 Å². The van der Waals surface area contributed by atoms with Crippen LogP contribution >= 0.6 is 11.6 Å². The van der Waals surface area contributed by atoms with Gasteiger partial charge in [-0.05, 0) is 68.5 Å². The zero-order chi connectivity index (χ0) is 24.2. The fourth-order valence-electron chi connectivity index (χ4n) is 4.82. The van der Waals surface area contributed by atoms with Crippen molar-refractivity contribution in [2.24, 2.45) is 5.41 Å². The number of likely N-dealkylation sites (tertiary alicyclic amines) is 1. The van der Waals surface area contributed by atoms with Gasteiger partial charge in [0.05, 0.1) is 6.61 Å². The number of carbonyl (C=O) groups excluding carboxylic acids is 1. The molecule has 2 aliphatic rings. The predicted molar refractivity (Wildman–Crippen MR) is 129 cm³/mol. The highest BCUT2D eigenvalue weighted by Gasteiger charge is 2.43. The Balaban J connectivity index is 1.58. The van der Waals surface area contributed by atoms with Crippen LogP contribution < -0.4 is 4.74 Å². The Bertz CT molecular complexity index is 1110. The SMILES string of the molecule is O=C(C[C@@]1(COc2ccc(Cl)cc2)CCCN(S(=O)(=O)c2ccccc2F)C1)N1CCCCC1. The fourth-order valence-corrected chi connectivity index (χ4v) is 6.60. The Kier molecular flexibility index (Phi) is 7.80. The Morgan fingerprint density at radius 3 is 2.41 bits per heavy atom. The predicted octanol–water partition coefficient (Wildman–Crippen LogP) is 4.73. The quantitative estimate of drug-likeness (QED) is 0.542. The van der Waals surface area contributed by atoms with Crippen LogP contribution in [0.1, 0.15) is 38.5 Å². The summed E-state index contributed by atoms with van der Waals surface area (Å²) in [4.78, 5) is 14.8. The summed E-state index contributed by atoms with van der Waals surface area (Å²) in [5.74, 6) is -0.159. The standard InChI is InChI=1S/C25H30ClFN2O4S/c26-20-9-11-21(12-10-20)33-19-25(17-24(30)28-14-4-1-5-15-28)13-6-16-29(18-25)34(31,32)23-8-3-2-7-22(23)27/h2-3,7-12H,1,4-6,13-19H2/t25-/m0/s1. The van der Waals surface area contributed by atoms with Gasteiger partial charge < -0.3 is 9.64 Å². The molecular weight excluding hydrogens is 479 g/mol. The number of halogens is 2. The van der Waals surface area contributed by atoms with Crippen LogP contribution in [0.3, 0.4) is 0 Å². The second-order valence-electron chi connectivity index (χ2n) is 9.23. The summed E-state index contributed by atoms with van der Waals surface area (Å²) in [6.45, 7) is 2.00. The van der Waals surface area contributed by atoms with E-state index in [9.17, 15) is 17.6 Å². The van der Waals surface area contributed by atoms with Crippen LogP contribution in [-0.2, 0) is 14.8 Å². The highest BCUT2D eigenvalue weighted by Crippen LogP contribution is 2.38. The van der Waals surface area contributed by atoms with E-state index in [1.54, 1.807) is 24.3 Å². The third-order valence-corrected chi connectivity index (χ3v) is 8.80. The summed E-state index contributed by atoms with van der Waals surface area (Å²) < 4.78 is 48.4. The monoisotopic (exact) mass is 508 g/mol. The molecule has 184 valence electrons. The average molecular weight is 509 g/mol. The Morgan fingerprint density at radius 2 is 1.71 bits per heavy atom. The van der Waals surface area contributed by atoms with E-state index >= 15 is 0 Å². The summed E-state index contributed by atoms with van der Waals surface area (Å²) >= 11 is 5.97. The molecule has 0 N–H and O–H groups in total. The van der Waals surface area contributed by atoms with Crippen molar-refractivity contribution in [1.29, 1.82) is 0 Å². The number of benzene rings is 2. The van der Waals surface area contributed by atoms with Gasteiger partial charge in [-0.25, -0.2) is 12.8 Å². The van der Waals surface area contributed by atoms with Gasteiger partial charge in [-0.2, -0.15) is 4.31 Å². The van der Waals surface area contributed by atoms with Crippen LogP contribution in [0.2, 0.25) is 5.02 Å². The lowest BCUT2D eigenvalue weighted by Gasteiger charge is -2.42. The molecule has 0 aromatic heterocycles. The van der Waals surface area contributed by atoms with Crippen molar-refractivity contribution in [2.45, 2.75) is 43.4 Å². The summed E-state index contributed by atoms with van der Waals surface area (Å²) in [6.07, 6.45) is 4.46. The fraction of sp³-hybridized carbons (Fsp3) is 0.480. The third-order valence-electron chi connectivity index (χ3n) is 6.67. The molecule has 0 saturated carbocycles. The number of carbonyl (C=O) groups is 1. The molecule has 0 spiro atoms. The molecule has 0 radical (unpaired) electrons. The van der Waals surface area contributed by atoms with Crippen molar-refractivity contribution in [2.75, 3.05) is 32.8 Å². The van der Waals surface area contributed by atoms with E-state index in [0.717, 1.165) is 38.4 Å². The topological polar surface area (TPSA) is 66.9 Å². The third kappa shape index (κ3) is 5.73. The molecule has 2 saturated heterocycles. The van der Waals surface area contributed by atoms with Gasteiger partial charge in [-0.15, -0.1) is 0 Å². The Morgan fingerprint density at radius 1 is 1.00 bits per heavy atom. The van der Waals surface area contributed by atoms with Gasteiger partial charge in [0.25, 0.3) is 0 Å². The molecule has 0 unspecified atom stereocenters. The highest BCUT2D eigenvalue weighted by molar-refractivity contribution is 7.89. The van der Waals surface area contributed by atoms with E-state index < -0.39 is 21.3 Å². The van der Waals surface area contributed by atoms with Crippen molar-refractivity contribution in [3.05, 3.63) is 59.4 Å². The van der Waals surface area contributed by atoms with Crippen LogP contribution in [0.4, 0.5) is 4.39 Å². The van der Waals surface area contributed by atoms with Gasteiger partial charge in [-0.1, -0.05) is 23.7 Å². The maximum absolute atomic E-state index is 14.4. The molecule has 0 bridgehead atoms. The van der Waals surface area contributed by atoms with Crippen molar-refractivity contribution < 1.29 is 22.3 Å². The average Bonchev–Trinajstić information content (AvgIpc) is 2.84. The first kappa shape index (κ1) is 24.9. The molecule has 2 fully saturated rings. The lowest BCUT2D eigenvalue weighted by atomic mass is 9.78. The van der Waals surface area contributed by atoms with Crippen molar-refractivity contribution >= 4 is 27.5 Å². The zero-order valence-electron chi connectivity index (χ0n) is 19.1. The largest absolute Gasteiger partial charge is 0.493 e. The second kappa shape index (κ2) is 10.6. The number of nitrogens with zero attached hydrogens (tertiary/aromatic N) is 2. The van der Waals surface area contributed by atoms with Crippen LogP contribution in [0.5, 0.6) is 5.75 Å². The second-order valence-corrected chi connectivity index (χ2v) is 11.6. The maximum Gasteiger partial charge on any atom is 0.246 e. The first-order chi connectivity index (χ1) is 16.3. The minimum absolute atomic E-state index is 0.0181. The van der Waals surface area contributed by atoms with E-state index in [1.165, 1.54) is 22.5 Å². The van der Waals surface area contributed by atoms with Crippen molar-refractivity contribution in [3.63, 3.8) is 0 Å². The first-order valence-corrected chi connectivity index (χ1v) is 13.5. The van der Waals surface area contributed by atoms with Gasteiger partial charge in [-0.3, -0.25) is 4.79 Å². The van der Waals surface area contributed by atoms with Gasteiger partial charge in [0.15, 0.2) is 0 Å². The molecule has 4 rings (SSSR count). The maximum atomic E-state index is 14.4. The molecule has 2 aromatic rings. The Hall–Kier alpha value is -2.16. The van der Waals surface area contributed by atoms with Crippen LogP contribution in [-0.4, -0.2) is 56.3 Å². The van der Waals surface area contributed by atoms with Crippen molar-refractivity contribution in [1.82, 2.24) is 9.21 Å². The van der Waals surface area contributed by atoms with E-state index in [0.29, 0.717) is 23.6 Å². The number of rotatable bonds is 7. The number of piperidine rings is 2. The summed E-state index contributed by atoms with van der Waals surface area (Å²) in [6, 6.07) is 12.3.